The van der Waals surface area contributed by atoms with Crippen molar-refractivity contribution in [2.24, 2.45) is 5.92 Å². The highest BCUT2D eigenvalue weighted by atomic mass is 32.2. The number of nitrogens with zero attached hydrogens (tertiary/aromatic N) is 4. The number of ether oxygens (including phenoxy) is 2. The van der Waals surface area contributed by atoms with Gasteiger partial charge in [0.05, 0.1) is 30.9 Å². The molecule has 4 aromatic rings. The molecule has 0 spiro atoms. The SMILES string of the molecule is CCCCCCCSc1nnc2n(-c3ccc(OC)cc3)c(=O)c3c4c(sc3n12)CO[C@@H](C(C)C)C4. The third-order valence-electron chi connectivity index (χ3n) is 6.90. The molecule has 9 heteroatoms. The van der Waals surface area contributed by atoms with Crippen molar-refractivity contribution in [3.63, 3.8) is 0 Å². The fraction of sp³-hybridized carbons (Fsp3) is 0.519. The van der Waals surface area contributed by atoms with Gasteiger partial charge >= 0.3 is 0 Å². The monoisotopic (exact) mass is 526 g/mol. The lowest BCUT2D eigenvalue weighted by Crippen LogP contribution is -2.28. The van der Waals surface area contributed by atoms with Gasteiger partial charge in [0, 0.05) is 17.1 Å². The highest BCUT2D eigenvalue weighted by Crippen LogP contribution is 2.37. The summed E-state index contributed by atoms with van der Waals surface area (Å²) in [5.41, 5.74) is 1.83. The van der Waals surface area contributed by atoms with Crippen LogP contribution in [0, 0.1) is 5.92 Å². The first-order valence-electron chi connectivity index (χ1n) is 12.9. The maximum atomic E-state index is 14.1. The average molecular weight is 527 g/mol. The predicted octanol–water partition coefficient (Wildman–Crippen LogP) is 6.26. The maximum Gasteiger partial charge on any atom is 0.268 e. The van der Waals surface area contributed by atoms with Gasteiger partial charge in [-0.15, -0.1) is 21.5 Å². The van der Waals surface area contributed by atoms with Crippen molar-refractivity contribution in [2.45, 2.75) is 77.2 Å². The summed E-state index contributed by atoms with van der Waals surface area (Å²) in [5, 5.41) is 10.7. The van der Waals surface area contributed by atoms with Gasteiger partial charge in [-0.1, -0.05) is 58.2 Å². The number of benzene rings is 1. The van der Waals surface area contributed by atoms with Crippen molar-refractivity contribution in [1.82, 2.24) is 19.2 Å². The van der Waals surface area contributed by atoms with Crippen LogP contribution in [0.2, 0.25) is 0 Å². The van der Waals surface area contributed by atoms with Crippen LogP contribution in [0.4, 0.5) is 0 Å². The second-order valence-corrected chi connectivity index (χ2v) is 11.8. The number of rotatable bonds is 10. The van der Waals surface area contributed by atoms with Crippen LogP contribution in [-0.2, 0) is 17.8 Å². The van der Waals surface area contributed by atoms with E-state index in [0.29, 0.717) is 18.3 Å². The van der Waals surface area contributed by atoms with Crippen LogP contribution >= 0.6 is 23.1 Å². The highest BCUT2D eigenvalue weighted by Gasteiger charge is 2.30. The van der Waals surface area contributed by atoms with Gasteiger partial charge < -0.3 is 9.47 Å². The van der Waals surface area contributed by atoms with Gasteiger partial charge in [0.1, 0.15) is 10.6 Å². The van der Waals surface area contributed by atoms with E-state index in [2.05, 4.69) is 35.4 Å². The smallest absolute Gasteiger partial charge is 0.268 e. The number of hydrogen-bond acceptors (Lipinski definition) is 7. The van der Waals surface area contributed by atoms with Crippen LogP contribution in [0.25, 0.3) is 21.7 Å². The van der Waals surface area contributed by atoms with Gasteiger partial charge in [-0.05, 0) is 42.2 Å². The van der Waals surface area contributed by atoms with E-state index in [4.69, 9.17) is 9.47 Å². The molecule has 0 saturated heterocycles. The quantitative estimate of drug-likeness (QED) is 0.179. The molecule has 3 aromatic heterocycles. The lowest BCUT2D eigenvalue weighted by Gasteiger charge is -2.26. The molecule has 36 heavy (non-hydrogen) atoms. The van der Waals surface area contributed by atoms with E-state index in [1.165, 1.54) is 25.7 Å². The Hall–Kier alpha value is -2.36. The molecule has 0 unspecified atom stereocenters. The molecular weight excluding hydrogens is 492 g/mol. The second-order valence-electron chi connectivity index (χ2n) is 9.70. The van der Waals surface area contributed by atoms with Crippen LogP contribution in [0.5, 0.6) is 5.75 Å². The van der Waals surface area contributed by atoms with E-state index in [1.54, 1.807) is 34.8 Å². The molecule has 192 valence electrons. The predicted molar refractivity (Wildman–Crippen MR) is 147 cm³/mol. The van der Waals surface area contributed by atoms with Crippen LogP contribution < -0.4 is 10.3 Å². The van der Waals surface area contributed by atoms with Gasteiger partial charge in [0.15, 0.2) is 5.16 Å². The fourth-order valence-electron chi connectivity index (χ4n) is 4.79. The van der Waals surface area contributed by atoms with Crippen molar-refractivity contribution in [2.75, 3.05) is 12.9 Å². The Morgan fingerprint density at radius 2 is 1.94 bits per heavy atom. The van der Waals surface area contributed by atoms with Gasteiger partial charge in [-0.3, -0.25) is 4.79 Å². The Morgan fingerprint density at radius 1 is 1.17 bits per heavy atom. The summed E-state index contributed by atoms with van der Waals surface area (Å²) in [6, 6.07) is 7.55. The average Bonchev–Trinajstić information content (AvgIpc) is 3.47. The summed E-state index contributed by atoms with van der Waals surface area (Å²) in [7, 11) is 1.64. The highest BCUT2D eigenvalue weighted by molar-refractivity contribution is 7.99. The van der Waals surface area contributed by atoms with Gasteiger partial charge in [0.2, 0.25) is 5.78 Å². The Morgan fingerprint density at radius 3 is 2.67 bits per heavy atom. The Kier molecular flexibility index (Phi) is 7.69. The number of thioether (sulfide) groups is 1. The summed E-state index contributed by atoms with van der Waals surface area (Å²) in [6.07, 6.45) is 7.03. The van der Waals surface area contributed by atoms with Crippen molar-refractivity contribution in [3.05, 3.63) is 45.1 Å². The molecule has 5 rings (SSSR count). The fourth-order valence-corrected chi connectivity index (χ4v) is 7.02. The number of hydrogen-bond donors (Lipinski definition) is 0. The minimum atomic E-state index is -0.0481. The minimum absolute atomic E-state index is 0.0481. The summed E-state index contributed by atoms with van der Waals surface area (Å²) in [4.78, 5) is 16.1. The number of unbranched alkanes of at least 4 members (excludes halogenated alkanes) is 4. The van der Waals surface area contributed by atoms with E-state index in [9.17, 15) is 4.79 Å². The van der Waals surface area contributed by atoms with Crippen LogP contribution in [0.15, 0.2) is 34.2 Å². The third kappa shape index (κ3) is 4.68. The topological polar surface area (TPSA) is 70.7 Å². The van der Waals surface area contributed by atoms with Gasteiger partial charge in [0.25, 0.3) is 5.56 Å². The summed E-state index contributed by atoms with van der Waals surface area (Å²) >= 11 is 3.37. The summed E-state index contributed by atoms with van der Waals surface area (Å²) < 4.78 is 15.3. The lowest BCUT2D eigenvalue weighted by molar-refractivity contribution is 0.00200. The van der Waals surface area contributed by atoms with E-state index in [0.717, 1.165) is 55.8 Å². The molecule has 1 aliphatic rings. The molecule has 0 radical (unpaired) electrons. The zero-order valence-corrected chi connectivity index (χ0v) is 23.1. The summed E-state index contributed by atoms with van der Waals surface area (Å²) in [5.74, 6) is 2.66. The first kappa shape index (κ1) is 25.3. The Balaban J connectivity index is 1.64. The van der Waals surface area contributed by atoms with E-state index in [-0.39, 0.29) is 11.7 Å². The molecule has 0 bridgehead atoms. The largest absolute Gasteiger partial charge is 0.497 e. The lowest BCUT2D eigenvalue weighted by atomic mass is 9.96. The minimum Gasteiger partial charge on any atom is -0.497 e. The number of thiophene rings is 1. The van der Waals surface area contributed by atoms with Crippen LogP contribution in [-0.4, -0.2) is 38.1 Å². The number of methoxy groups -OCH3 is 1. The van der Waals surface area contributed by atoms with Gasteiger partial charge in [-0.2, -0.15) is 0 Å². The molecule has 7 nitrogen and oxygen atoms in total. The molecule has 0 saturated carbocycles. The number of fused-ring (bicyclic) bond motifs is 5. The second kappa shape index (κ2) is 10.9. The first-order valence-corrected chi connectivity index (χ1v) is 14.7. The van der Waals surface area contributed by atoms with Gasteiger partial charge in [-0.25, -0.2) is 8.97 Å². The summed E-state index contributed by atoms with van der Waals surface area (Å²) in [6.45, 7) is 7.13. The zero-order valence-electron chi connectivity index (χ0n) is 21.5. The maximum absolute atomic E-state index is 14.1. The van der Waals surface area contributed by atoms with Crippen molar-refractivity contribution in [1.29, 1.82) is 0 Å². The van der Waals surface area contributed by atoms with Crippen molar-refractivity contribution in [3.8, 4) is 11.4 Å². The molecule has 0 amide bonds. The molecule has 1 aromatic carbocycles. The van der Waals surface area contributed by atoms with E-state index >= 15 is 0 Å². The molecule has 0 N–H and O–H groups in total. The normalized spacial score (nSPS) is 15.8. The van der Waals surface area contributed by atoms with Crippen LogP contribution in [0.1, 0.15) is 63.3 Å². The molecule has 4 heterocycles. The third-order valence-corrected chi connectivity index (χ3v) is 9.10. The Bertz CT molecular complexity index is 1400. The standard InChI is InChI=1S/C27H34N4O3S2/c1-5-6-7-8-9-14-35-27-29-28-26-30(18-10-12-19(33-4)13-11-18)24(32)23-20-15-21(17(2)3)34-16-22(20)36-25(23)31(26)27/h10-13,17,21H,5-9,14-16H2,1-4H3/t21-/m1/s1. The van der Waals surface area contributed by atoms with E-state index < -0.39 is 0 Å². The van der Waals surface area contributed by atoms with Crippen molar-refractivity contribution >= 4 is 39.1 Å². The first-order chi connectivity index (χ1) is 17.5. The Labute approximate surface area is 219 Å². The molecule has 0 fully saturated rings. The molecule has 0 aliphatic carbocycles. The van der Waals surface area contributed by atoms with Crippen molar-refractivity contribution < 1.29 is 9.47 Å². The number of aromatic nitrogens is 4. The molecule has 1 atom stereocenters. The molecular formula is C27H34N4O3S2. The van der Waals surface area contributed by atoms with E-state index in [1.807, 2.05) is 24.3 Å². The molecule has 1 aliphatic heterocycles. The zero-order chi connectivity index (χ0) is 25.2. The van der Waals surface area contributed by atoms with Crippen LogP contribution in [0.3, 0.4) is 0 Å².